The van der Waals surface area contributed by atoms with Crippen LogP contribution in [0.1, 0.15) is 31.0 Å². The molecule has 3 atom stereocenters. The van der Waals surface area contributed by atoms with Crippen LogP contribution >= 0.6 is 0 Å². The third-order valence-corrected chi connectivity index (χ3v) is 3.18. The molecule has 2 unspecified atom stereocenters. The van der Waals surface area contributed by atoms with Crippen molar-refractivity contribution >= 4 is 0 Å². The van der Waals surface area contributed by atoms with Crippen molar-refractivity contribution in [2.24, 2.45) is 0 Å². The number of benzene rings is 1. The molecule has 0 bridgehead atoms. The molecule has 1 aromatic rings. The number of hydrogen-bond donors (Lipinski definition) is 2. The number of aliphatic hydroxyl groups is 1. The fraction of sp³-hybridized carbons (Fsp3) is 0.625. The van der Waals surface area contributed by atoms with E-state index in [-0.39, 0.29) is 12.1 Å². The predicted molar refractivity (Wildman–Crippen MR) is 80.9 cm³/mol. The van der Waals surface area contributed by atoms with E-state index in [9.17, 15) is 5.11 Å². The topological polar surface area (TPSA) is 50.7 Å². The van der Waals surface area contributed by atoms with E-state index in [4.69, 9.17) is 9.47 Å². The van der Waals surface area contributed by atoms with Crippen molar-refractivity contribution in [1.82, 2.24) is 5.32 Å². The van der Waals surface area contributed by atoms with Crippen LogP contribution in [0.4, 0.5) is 0 Å². The molecular formula is C16H27NO3. The minimum Gasteiger partial charge on any atom is -0.389 e. The highest BCUT2D eigenvalue weighted by Crippen LogP contribution is 2.13. The number of ether oxygens (including phenoxy) is 2. The second-order valence-corrected chi connectivity index (χ2v) is 5.30. The summed E-state index contributed by atoms with van der Waals surface area (Å²) in [6.45, 7) is 7.47. The summed E-state index contributed by atoms with van der Waals surface area (Å²) in [6.07, 6.45) is -0.509. The molecule has 1 rings (SSSR count). The average molecular weight is 281 g/mol. The highest BCUT2D eigenvalue weighted by Gasteiger charge is 2.10. The largest absolute Gasteiger partial charge is 0.389 e. The molecule has 0 heterocycles. The molecule has 0 radical (unpaired) electrons. The minimum absolute atomic E-state index is 0.00356. The lowest BCUT2D eigenvalue weighted by Gasteiger charge is -2.19. The number of nitrogens with one attached hydrogen (secondary N) is 1. The van der Waals surface area contributed by atoms with E-state index in [1.165, 1.54) is 11.1 Å². The Hall–Kier alpha value is -0.940. The van der Waals surface area contributed by atoms with Gasteiger partial charge in [0.1, 0.15) is 0 Å². The minimum atomic E-state index is -0.512. The summed E-state index contributed by atoms with van der Waals surface area (Å²) in [4.78, 5) is 0. The molecule has 0 saturated carbocycles. The van der Waals surface area contributed by atoms with E-state index in [0.717, 1.165) is 0 Å². The van der Waals surface area contributed by atoms with Gasteiger partial charge in [-0.2, -0.15) is 0 Å². The molecule has 4 nitrogen and oxygen atoms in total. The lowest BCUT2D eigenvalue weighted by atomic mass is 10.1. The van der Waals surface area contributed by atoms with E-state index in [1.54, 1.807) is 7.11 Å². The SMILES string of the molecule is COCC(C)OCC(O)CN[C@@H](C)c1cccc(C)c1. The Balaban J connectivity index is 2.28. The fourth-order valence-corrected chi connectivity index (χ4v) is 1.99. The van der Waals surface area contributed by atoms with Crippen molar-refractivity contribution in [2.75, 3.05) is 26.9 Å². The maximum absolute atomic E-state index is 9.89. The van der Waals surface area contributed by atoms with Gasteiger partial charge in [-0.25, -0.2) is 0 Å². The first kappa shape index (κ1) is 17.1. The number of hydrogen-bond acceptors (Lipinski definition) is 4. The highest BCUT2D eigenvalue weighted by molar-refractivity contribution is 5.24. The summed E-state index contributed by atoms with van der Waals surface area (Å²) in [5, 5.41) is 13.2. The van der Waals surface area contributed by atoms with Gasteiger partial charge >= 0.3 is 0 Å². The smallest absolute Gasteiger partial charge is 0.0898 e. The molecule has 114 valence electrons. The van der Waals surface area contributed by atoms with Crippen LogP contribution in [0.3, 0.4) is 0 Å². The molecule has 0 amide bonds. The maximum atomic E-state index is 9.89. The van der Waals surface area contributed by atoms with Gasteiger partial charge in [-0.05, 0) is 26.3 Å². The number of aliphatic hydroxyl groups excluding tert-OH is 1. The zero-order chi connectivity index (χ0) is 15.0. The maximum Gasteiger partial charge on any atom is 0.0898 e. The molecule has 0 aromatic heterocycles. The van der Waals surface area contributed by atoms with Crippen LogP contribution in [0.25, 0.3) is 0 Å². The molecule has 4 heteroatoms. The van der Waals surface area contributed by atoms with Crippen LogP contribution in [0, 0.1) is 6.92 Å². The second kappa shape index (κ2) is 9.08. The first-order chi connectivity index (χ1) is 9.52. The third-order valence-electron chi connectivity index (χ3n) is 3.18. The number of rotatable bonds is 9. The normalized spacial score (nSPS) is 15.8. The molecule has 1 aromatic carbocycles. The van der Waals surface area contributed by atoms with Gasteiger partial charge in [0.2, 0.25) is 0 Å². The first-order valence-corrected chi connectivity index (χ1v) is 7.11. The summed E-state index contributed by atoms with van der Waals surface area (Å²) < 4.78 is 10.5. The van der Waals surface area contributed by atoms with Crippen molar-refractivity contribution in [3.8, 4) is 0 Å². The lowest BCUT2D eigenvalue weighted by Crippen LogP contribution is -2.33. The Bertz CT molecular complexity index is 384. The van der Waals surface area contributed by atoms with E-state index in [2.05, 4.69) is 43.4 Å². The standard InChI is InChI=1S/C16H27NO3/c1-12-6-5-7-15(8-12)14(3)17-9-16(18)11-20-13(2)10-19-4/h5-8,13-14,16-18H,9-11H2,1-4H3/t13?,14-,16?/m0/s1. The molecular weight excluding hydrogens is 254 g/mol. The first-order valence-electron chi connectivity index (χ1n) is 7.11. The van der Waals surface area contributed by atoms with Gasteiger partial charge in [0.05, 0.1) is 25.4 Å². The predicted octanol–water partition coefficient (Wildman–Crippen LogP) is 2.06. The van der Waals surface area contributed by atoms with E-state index >= 15 is 0 Å². The van der Waals surface area contributed by atoms with Crippen LogP contribution in [-0.2, 0) is 9.47 Å². The molecule has 0 fully saturated rings. The van der Waals surface area contributed by atoms with Crippen LogP contribution in [0.5, 0.6) is 0 Å². The quantitative estimate of drug-likeness (QED) is 0.727. The van der Waals surface area contributed by atoms with Gasteiger partial charge < -0.3 is 19.9 Å². The van der Waals surface area contributed by atoms with E-state index in [1.807, 2.05) is 6.92 Å². The van der Waals surface area contributed by atoms with Crippen molar-refractivity contribution in [1.29, 1.82) is 0 Å². The van der Waals surface area contributed by atoms with Crippen LogP contribution < -0.4 is 5.32 Å². The van der Waals surface area contributed by atoms with Crippen molar-refractivity contribution < 1.29 is 14.6 Å². The Morgan fingerprint density at radius 1 is 1.25 bits per heavy atom. The molecule has 2 N–H and O–H groups in total. The molecule has 0 aliphatic heterocycles. The summed E-state index contributed by atoms with van der Waals surface area (Å²) >= 11 is 0. The number of aryl methyl sites for hydroxylation is 1. The van der Waals surface area contributed by atoms with Gasteiger partial charge in [-0.3, -0.25) is 0 Å². The van der Waals surface area contributed by atoms with Crippen LogP contribution in [0.2, 0.25) is 0 Å². The molecule has 0 aliphatic rings. The highest BCUT2D eigenvalue weighted by atomic mass is 16.5. The van der Waals surface area contributed by atoms with Gasteiger partial charge in [-0.15, -0.1) is 0 Å². The third kappa shape index (κ3) is 6.48. The molecule has 0 spiro atoms. The Labute approximate surface area is 122 Å². The van der Waals surface area contributed by atoms with E-state index < -0.39 is 6.10 Å². The Morgan fingerprint density at radius 3 is 2.65 bits per heavy atom. The van der Waals surface area contributed by atoms with Gasteiger partial charge in [-0.1, -0.05) is 29.8 Å². The zero-order valence-electron chi connectivity index (χ0n) is 12.9. The summed E-state index contributed by atoms with van der Waals surface area (Å²) in [6, 6.07) is 8.58. The summed E-state index contributed by atoms with van der Waals surface area (Å²) in [5.41, 5.74) is 2.47. The van der Waals surface area contributed by atoms with Gasteiger partial charge in [0.25, 0.3) is 0 Å². The monoisotopic (exact) mass is 281 g/mol. The number of methoxy groups -OCH3 is 1. The van der Waals surface area contributed by atoms with Crippen molar-refractivity contribution in [3.63, 3.8) is 0 Å². The Morgan fingerprint density at radius 2 is 2.00 bits per heavy atom. The Kier molecular flexibility index (Phi) is 7.77. The lowest BCUT2D eigenvalue weighted by molar-refractivity contribution is -0.0315. The average Bonchev–Trinajstić information content (AvgIpc) is 2.43. The molecule has 0 saturated heterocycles. The molecule has 0 aliphatic carbocycles. The van der Waals surface area contributed by atoms with Crippen LogP contribution in [0.15, 0.2) is 24.3 Å². The van der Waals surface area contributed by atoms with Gasteiger partial charge in [0.15, 0.2) is 0 Å². The van der Waals surface area contributed by atoms with Crippen LogP contribution in [-0.4, -0.2) is 44.2 Å². The zero-order valence-corrected chi connectivity index (χ0v) is 12.9. The fourth-order valence-electron chi connectivity index (χ4n) is 1.99. The second-order valence-electron chi connectivity index (χ2n) is 5.30. The van der Waals surface area contributed by atoms with E-state index in [0.29, 0.717) is 19.8 Å². The van der Waals surface area contributed by atoms with Crippen molar-refractivity contribution in [2.45, 2.75) is 39.0 Å². The van der Waals surface area contributed by atoms with Crippen molar-refractivity contribution in [3.05, 3.63) is 35.4 Å². The van der Waals surface area contributed by atoms with Gasteiger partial charge in [0, 0.05) is 19.7 Å². The summed E-state index contributed by atoms with van der Waals surface area (Å²) in [5.74, 6) is 0. The molecule has 20 heavy (non-hydrogen) atoms. The summed E-state index contributed by atoms with van der Waals surface area (Å²) in [7, 11) is 1.64.